The van der Waals surface area contributed by atoms with Gasteiger partial charge in [-0.3, -0.25) is 9.59 Å². The maximum absolute atomic E-state index is 12.6. The maximum Gasteiger partial charge on any atom is 0.192 e. The average Bonchev–Trinajstić information content (AvgIpc) is 3.82. The number of hydrogen-bond donors (Lipinski definition) is 0. The van der Waals surface area contributed by atoms with Gasteiger partial charge >= 0.3 is 0 Å². The third kappa shape index (κ3) is 5.52. The van der Waals surface area contributed by atoms with Crippen molar-refractivity contribution in [2.45, 2.75) is 0 Å². The van der Waals surface area contributed by atoms with E-state index in [4.69, 9.17) is 8.83 Å². The molecule has 12 aromatic rings. The van der Waals surface area contributed by atoms with Crippen LogP contribution < -0.4 is 15.8 Å². The highest BCUT2D eigenvalue weighted by Gasteiger charge is 2.21. The van der Waals surface area contributed by atoms with E-state index in [2.05, 4.69) is 147 Å². The molecule has 4 aromatic heterocycles. The van der Waals surface area contributed by atoms with Crippen LogP contribution in [0.4, 0.5) is 17.1 Å². The SMILES string of the molecule is O=c1ccoc2cc(-n3c4ccccc4c4cc(N(c5ccc(-c6ccccc6)cc5)c5ccc6c(c5)c5ccccc5n6-c5ccc6c(=O)ccoc6c5)ccc43)ccc12. The van der Waals surface area contributed by atoms with Gasteiger partial charge in [0.2, 0.25) is 0 Å². The molecule has 61 heavy (non-hydrogen) atoms. The van der Waals surface area contributed by atoms with Crippen LogP contribution in [-0.4, -0.2) is 9.13 Å². The zero-order chi connectivity index (χ0) is 40.6. The zero-order valence-electron chi connectivity index (χ0n) is 32.5. The van der Waals surface area contributed by atoms with Crippen LogP contribution >= 0.6 is 0 Å². The van der Waals surface area contributed by atoms with Gasteiger partial charge in [-0.05, 0) is 96.1 Å². The Morgan fingerprint density at radius 2 is 0.787 bits per heavy atom. The number of para-hydroxylation sites is 2. The van der Waals surface area contributed by atoms with Gasteiger partial charge in [0.25, 0.3) is 0 Å². The predicted molar refractivity (Wildman–Crippen MR) is 247 cm³/mol. The lowest BCUT2D eigenvalue weighted by molar-refractivity contribution is 0.602. The van der Waals surface area contributed by atoms with Crippen molar-refractivity contribution in [2.75, 3.05) is 4.90 Å². The van der Waals surface area contributed by atoms with E-state index < -0.39 is 0 Å². The molecule has 0 amide bonds. The summed E-state index contributed by atoms with van der Waals surface area (Å²) in [6.07, 6.45) is 2.90. The molecule has 0 saturated carbocycles. The van der Waals surface area contributed by atoms with Crippen LogP contribution in [0, 0.1) is 0 Å². The van der Waals surface area contributed by atoms with Crippen molar-refractivity contribution in [3.63, 3.8) is 0 Å². The Kier molecular flexibility index (Phi) is 7.70. The molecule has 0 aliphatic heterocycles. The standard InChI is InChI=1S/C54H33N3O4/c58-51-26-28-60-53-32-39(18-22-43(51)53)56-47-12-6-4-10-41(47)45-30-37(20-24-49(45)56)55(36-16-14-35(15-17-36)34-8-2-1-3-9-34)38-21-25-50-46(31-38)42-11-5-7-13-48(42)57(50)40-19-23-44-52(59)27-29-61-54(44)33-40/h1-33H. The van der Waals surface area contributed by atoms with Gasteiger partial charge in [0.1, 0.15) is 11.2 Å². The van der Waals surface area contributed by atoms with Gasteiger partial charge in [0, 0.05) is 74.2 Å². The molecule has 0 saturated heterocycles. The molecule has 0 fully saturated rings. The molecule has 12 rings (SSSR count). The number of hydrogen-bond acceptors (Lipinski definition) is 5. The summed E-state index contributed by atoms with van der Waals surface area (Å²) in [6.45, 7) is 0. The number of nitrogens with zero attached hydrogens (tertiary/aromatic N) is 3. The Labute approximate surface area is 347 Å². The lowest BCUT2D eigenvalue weighted by Crippen LogP contribution is -2.10. The fraction of sp³-hybridized carbons (Fsp3) is 0. The Morgan fingerprint density at radius 1 is 0.344 bits per heavy atom. The van der Waals surface area contributed by atoms with Gasteiger partial charge in [0.05, 0.1) is 45.4 Å². The van der Waals surface area contributed by atoms with Gasteiger partial charge in [-0.2, -0.15) is 0 Å². The van der Waals surface area contributed by atoms with Gasteiger partial charge in [0.15, 0.2) is 10.9 Å². The van der Waals surface area contributed by atoms with E-state index in [9.17, 15) is 9.59 Å². The maximum atomic E-state index is 12.6. The summed E-state index contributed by atoms with van der Waals surface area (Å²) in [4.78, 5) is 27.5. The quantitative estimate of drug-likeness (QED) is 0.168. The molecular weight excluding hydrogens is 755 g/mol. The minimum absolute atomic E-state index is 0.0668. The minimum atomic E-state index is -0.0668. The molecule has 0 unspecified atom stereocenters. The first-order valence-corrected chi connectivity index (χ1v) is 20.1. The third-order valence-corrected chi connectivity index (χ3v) is 11.9. The van der Waals surface area contributed by atoms with Crippen LogP contribution in [0.2, 0.25) is 0 Å². The summed E-state index contributed by atoms with van der Waals surface area (Å²) >= 11 is 0. The second kappa shape index (κ2) is 13.6. The van der Waals surface area contributed by atoms with E-state index in [0.717, 1.165) is 83.2 Å². The van der Waals surface area contributed by atoms with Crippen molar-refractivity contribution in [3.8, 4) is 22.5 Å². The van der Waals surface area contributed by atoms with Crippen LogP contribution in [0.5, 0.6) is 0 Å². The van der Waals surface area contributed by atoms with E-state index in [1.54, 1.807) is 0 Å². The highest BCUT2D eigenvalue weighted by atomic mass is 16.3. The summed E-state index contributed by atoms with van der Waals surface area (Å²) in [7, 11) is 0. The van der Waals surface area contributed by atoms with Crippen molar-refractivity contribution in [3.05, 3.63) is 221 Å². The molecule has 288 valence electrons. The van der Waals surface area contributed by atoms with Crippen molar-refractivity contribution >= 4 is 82.6 Å². The zero-order valence-corrected chi connectivity index (χ0v) is 32.5. The van der Waals surface area contributed by atoms with Crippen molar-refractivity contribution in [1.82, 2.24) is 9.13 Å². The smallest absolute Gasteiger partial charge is 0.192 e. The van der Waals surface area contributed by atoms with Crippen LogP contribution in [0.25, 0.3) is 88.1 Å². The topological polar surface area (TPSA) is 73.5 Å². The normalized spacial score (nSPS) is 11.7. The van der Waals surface area contributed by atoms with Crippen molar-refractivity contribution < 1.29 is 8.83 Å². The van der Waals surface area contributed by atoms with E-state index >= 15 is 0 Å². The lowest BCUT2D eigenvalue weighted by Gasteiger charge is -2.26. The monoisotopic (exact) mass is 787 g/mol. The first kappa shape index (κ1) is 34.6. The first-order chi connectivity index (χ1) is 30.1. The molecule has 7 nitrogen and oxygen atoms in total. The largest absolute Gasteiger partial charge is 0.464 e. The van der Waals surface area contributed by atoms with E-state index in [-0.39, 0.29) is 10.9 Å². The number of anilines is 3. The molecule has 0 spiro atoms. The van der Waals surface area contributed by atoms with Gasteiger partial charge in [-0.25, -0.2) is 0 Å². The number of benzene rings is 8. The second-order valence-corrected chi connectivity index (χ2v) is 15.3. The molecule has 0 aliphatic carbocycles. The lowest BCUT2D eigenvalue weighted by atomic mass is 10.0. The van der Waals surface area contributed by atoms with Gasteiger partial charge in [-0.15, -0.1) is 0 Å². The number of aromatic nitrogens is 2. The summed E-state index contributed by atoms with van der Waals surface area (Å²) in [6, 6.07) is 63.7. The fourth-order valence-electron chi connectivity index (χ4n) is 9.06. The highest BCUT2D eigenvalue weighted by Crippen LogP contribution is 2.43. The highest BCUT2D eigenvalue weighted by molar-refractivity contribution is 6.12. The fourth-order valence-corrected chi connectivity index (χ4v) is 9.06. The number of fused-ring (bicyclic) bond motifs is 8. The Hall–Kier alpha value is -8.42. The van der Waals surface area contributed by atoms with Crippen LogP contribution in [0.15, 0.2) is 219 Å². The Balaban J connectivity index is 1.06. The summed E-state index contributed by atoms with van der Waals surface area (Å²) in [5, 5.41) is 5.50. The third-order valence-electron chi connectivity index (χ3n) is 11.9. The molecule has 0 radical (unpaired) electrons. The molecule has 0 bridgehead atoms. The van der Waals surface area contributed by atoms with Crippen LogP contribution in [0.3, 0.4) is 0 Å². The molecular formula is C54H33N3O4. The van der Waals surface area contributed by atoms with E-state index in [1.807, 2.05) is 42.5 Å². The van der Waals surface area contributed by atoms with Crippen LogP contribution in [-0.2, 0) is 0 Å². The summed E-state index contributed by atoms with van der Waals surface area (Å²) in [5.41, 5.74) is 12.2. The molecule has 8 aromatic carbocycles. The molecule has 0 atom stereocenters. The summed E-state index contributed by atoms with van der Waals surface area (Å²) in [5.74, 6) is 0. The van der Waals surface area contributed by atoms with Crippen molar-refractivity contribution in [2.24, 2.45) is 0 Å². The molecule has 0 N–H and O–H groups in total. The summed E-state index contributed by atoms with van der Waals surface area (Å²) < 4.78 is 16.1. The molecule has 7 heteroatoms. The Morgan fingerprint density at radius 3 is 1.31 bits per heavy atom. The average molecular weight is 788 g/mol. The van der Waals surface area contributed by atoms with E-state index in [0.29, 0.717) is 21.9 Å². The number of rotatable bonds is 6. The second-order valence-electron chi connectivity index (χ2n) is 15.3. The molecule has 0 aliphatic rings. The van der Waals surface area contributed by atoms with Gasteiger partial charge < -0.3 is 22.9 Å². The minimum Gasteiger partial charge on any atom is -0.464 e. The predicted octanol–water partition coefficient (Wildman–Crippen LogP) is 13.2. The van der Waals surface area contributed by atoms with Gasteiger partial charge in [-0.1, -0.05) is 78.9 Å². The van der Waals surface area contributed by atoms with E-state index in [1.165, 1.54) is 24.7 Å². The Bertz CT molecular complexity index is 3610. The van der Waals surface area contributed by atoms with Crippen LogP contribution in [0.1, 0.15) is 0 Å². The first-order valence-electron chi connectivity index (χ1n) is 20.1. The van der Waals surface area contributed by atoms with Crippen molar-refractivity contribution in [1.29, 1.82) is 0 Å². The molecule has 4 heterocycles.